The molecule has 1 aliphatic rings. The van der Waals surface area contributed by atoms with E-state index in [-0.39, 0.29) is 28.9 Å². The molecule has 0 bridgehead atoms. The number of nitrogens with zero attached hydrogens (tertiary/aromatic N) is 1. The summed E-state index contributed by atoms with van der Waals surface area (Å²) in [5.74, 6) is 1.08. The lowest BCUT2D eigenvalue weighted by atomic mass is 9.86. The van der Waals surface area contributed by atoms with E-state index >= 15 is 0 Å². The monoisotopic (exact) mass is 471 g/mol. The second kappa shape index (κ2) is 10.00. The molecule has 1 amide bonds. The van der Waals surface area contributed by atoms with Crippen molar-refractivity contribution < 1.29 is 22.7 Å². The van der Waals surface area contributed by atoms with E-state index in [4.69, 9.17) is 9.47 Å². The van der Waals surface area contributed by atoms with Crippen molar-refractivity contribution in [3.8, 4) is 11.5 Å². The standard InChI is InChI=1S/C26H33NO5S/c1-26(2,3)21-10-6-20(7-11-21)17-27(22-14-15-33(29,30)18-22)25(28)13-9-19-8-12-23(31-4)24(16-19)32-5/h6-13,16,22H,14-15,17-18H2,1-5H3/b13-9+/t22-/m1/s1. The fourth-order valence-corrected chi connectivity index (χ4v) is 5.67. The Morgan fingerprint density at radius 2 is 1.73 bits per heavy atom. The highest BCUT2D eigenvalue weighted by atomic mass is 32.2. The third kappa shape index (κ3) is 6.38. The maximum atomic E-state index is 13.2. The van der Waals surface area contributed by atoms with Gasteiger partial charge in [-0.15, -0.1) is 0 Å². The van der Waals surface area contributed by atoms with Gasteiger partial charge in [0.05, 0.1) is 25.7 Å². The Hall–Kier alpha value is -2.80. The van der Waals surface area contributed by atoms with Crippen LogP contribution < -0.4 is 9.47 Å². The number of hydrogen-bond acceptors (Lipinski definition) is 5. The van der Waals surface area contributed by atoms with Crippen molar-refractivity contribution in [3.63, 3.8) is 0 Å². The number of methoxy groups -OCH3 is 2. The van der Waals surface area contributed by atoms with Crippen LogP contribution in [-0.2, 0) is 26.6 Å². The normalized spacial score (nSPS) is 17.8. The van der Waals surface area contributed by atoms with Crippen LogP contribution >= 0.6 is 0 Å². The summed E-state index contributed by atoms with van der Waals surface area (Å²) in [6.07, 6.45) is 3.66. The molecule has 0 unspecified atom stereocenters. The van der Waals surface area contributed by atoms with E-state index in [1.807, 2.05) is 18.2 Å². The van der Waals surface area contributed by atoms with E-state index in [0.717, 1.165) is 11.1 Å². The molecular weight excluding hydrogens is 438 g/mol. The first-order valence-corrected chi connectivity index (χ1v) is 12.8. The van der Waals surface area contributed by atoms with Gasteiger partial charge in [-0.1, -0.05) is 51.1 Å². The highest BCUT2D eigenvalue weighted by molar-refractivity contribution is 7.91. The highest BCUT2D eigenvalue weighted by Crippen LogP contribution is 2.28. The van der Waals surface area contributed by atoms with Crippen molar-refractivity contribution in [1.82, 2.24) is 4.90 Å². The highest BCUT2D eigenvalue weighted by Gasteiger charge is 2.34. The van der Waals surface area contributed by atoms with Crippen LogP contribution in [0.1, 0.15) is 43.9 Å². The first-order chi connectivity index (χ1) is 15.5. The Kier molecular flexibility index (Phi) is 7.52. The Labute approximate surface area is 197 Å². The SMILES string of the molecule is COc1ccc(/C=C/C(=O)N(Cc2ccc(C(C)(C)C)cc2)[C@@H]2CCS(=O)(=O)C2)cc1OC. The van der Waals surface area contributed by atoms with E-state index in [0.29, 0.717) is 24.5 Å². The van der Waals surface area contributed by atoms with Gasteiger partial charge in [-0.25, -0.2) is 8.42 Å². The number of benzene rings is 2. The topological polar surface area (TPSA) is 72.9 Å². The Balaban J connectivity index is 1.83. The van der Waals surface area contributed by atoms with Gasteiger partial charge in [0.1, 0.15) is 0 Å². The first-order valence-electron chi connectivity index (χ1n) is 11.0. The molecule has 0 aliphatic carbocycles. The Morgan fingerprint density at radius 1 is 1.06 bits per heavy atom. The van der Waals surface area contributed by atoms with Gasteiger partial charge in [-0.3, -0.25) is 4.79 Å². The Bertz CT molecular complexity index is 1110. The molecule has 178 valence electrons. The number of sulfone groups is 1. The molecule has 1 atom stereocenters. The van der Waals surface area contributed by atoms with Gasteiger partial charge in [-0.2, -0.15) is 0 Å². The van der Waals surface area contributed by atoms with Gasteiger partial charge in [0, 0.05) is 18.7 Å². The second-order valence-electron chi connectivity index (χ2n) is 9.42. The smallest absolute Gasteiger partial charge is 0.247 e. The van der Waals surface area contributed by atoms with Crippen molar-refractivity contribution in [2.75, 3.05) is 25.7 Å². The molecule has 1 aliphatic heterocycles. The maximum absolute atomic E-state index is 13.2. The van der Waals surface area contributed by atoms with E-state index in [1.54, 1.807) is 37.3 Å². The predicted octanol–water partition coefficient (Wildman–Crippen LogP) is 4.23. The predicted molar refractivity (Wildman–Crippen MR) is 131 cm³/mol. The zero-order valence-corrected chi connectivity index (χ0v) is 20.8. The number of carbonyl (C=O) groups excluding carboxylic acids is 1. The van der Waals surface area contributed by atoms with Crippen LogP contribution in [-0.4, -0.2) is 51.0 Å². The molecule has 0 spiro atoms. The van der Waals surface area contributed by atoms with Crippen LogP contribution in [0, 0.1) is 0 Å². The van der Waals surface area contributed by atoms with Crippen molar-refractivity contribution in [2.24, 2.45) is 0 Å². The zero-order chi connectivity index (χ0) is 24.2. The molecule has 33 heavy (non-hydrogen) atoms. The summed E-state index contributed by atoms with van der Waals surface area (Å²) < 4.78 is 34.8. The molecule has 6 nitrogen and oxygen atoms in total. The molecule has 0 N–H and O–H groups in total. The average Bonchev–Trinajstić information content (AvgIpc) is 3.14. The molecule has 0 aromatic heterocycles. The summed E-state index contributed by atoms with van der Waals surface area (Å²) in [4.78, 5) is 14.9. The largest absolute Gasteiger partial charge is 0.493 e. The fraction of sp³-hybridized carbons (Fsp3) is 0.423. The van der Waals surface area contributed by atoms with Crippen LogP contribution in [0.4, 0.5) is 0 Å². The van der Waals surface area contributed by atoms with E-state index in [1.165, 1.54) is 11.6 Å². The lowest BCUT2D eigenvalue weighted by Crippen LogP contribution is -2.39. The molecule has 2 aromatic rings. The molecular formula is C26H33NO5S. The minimum Gasteiger partial charge on any atom is -0.493 e. The summed E-state index contributed by atoms with van der Waals surface area (Å²) in [5.41, 5.74) is 3.01. The molecule has 3 rings (SSSR count). The van der Waals surface area contributed by atoms with Gasteiger partial charge >= 0.3 is 0 Å². The summed E-state index contributed by atoms with van der Waals surface area (Å²) in [5, 5.41) is 0. The minimum atomic E-state index is -3.12. The molecule has 0 radical (unpaired) electrons. The average molecular weight is 472 g/mol. The van der Waals surface area contributed by atoms with Crippen molar-refractivity contribution in [2.45, 2.75) is 45.2 Å². The molecule has 2 aromatic carbocycles. The van der Waals surface area contributed by atoms with Crippen LogP contribution in [0.15, 0.2) is 48.5 Å². The van der Waals surface area contributed by atoms with E-state index in [9.17, 15) is 13.2 Å². The van der Waals surface area contributed by atoms with Gasteiger partial charge < -0.3 is 14.4 Å². The van der Waals surface area contributed by atoms with Gasteiger partial charge in [0.25, 0.3) is 0 Å². The molecule has 1 saturated heterocycles. The zero-order valence-electron chi connectivity index (χ0n) is 20.0. The molecule has 7 heteroatoms. The fourth-order valence-electron chi connectivity index (χ4n) is 3.93. The minimum absolute atomic E-state index is 0.00299. The third-order valence-electron chi connectivity index (χ3n) is 5.93. The summed E-state index contributed by atoms with van der Waals surface area (Å²) in [6.45, 7) is 6.82. The second-order valence-corrected chi connectivity index (χ2v) is 11.6. The van der Waals surface area contributed by atoms with Crippen molar-refractivity contribution in [3.05, 3.63) is 65.2 Å². The van der Waals surface area contributed by atoms with Gasteiger partial charge in [0.2, 0.25) is 5.91 Å². The maximum Gasteiger partial charge on any atom is 0.247 e. The van der Waals surface area contributed by atoms with Crippen molar-refractivity contribution in [1.29, 1.82) is 0 Å². The molecule has 0 saturated carbocycles. The number of ether oxygens (including phenoxy) is 2. The first kappa shape index (κ1) is 24.8. The molecule has 1 fully saturated rings. The molecule has 1 heterocycles. The van der Waals surface area contributed by atoms with Crippen molar-refractivity contribution >= 4 is 21.8 Å². The van der Waals surface area contributed by atoms with Crippen LogP contribution in [0.3, 0.4) is 0 Å². The lowest BCUT2D eigenvalue weighted by molar-refractivity contribution is -0.128. The third-order valence-corrected chi connectivity index (χ3v) is 7.68. The number of hydrogen-bond donors (Lipinski definition) is 0. The Morgan fingerprint density at radius 3 is 2.27 bits per heavy atom. The quantitative estimate of drug-likeness (QED) is 0.565. The number of carbonyl (C=O) groups is 1. The van der Waals surface area contributed by atoms with Gasteiger partial charge in [-0.05, 0) is 46.7 Å². The summed E-state index contributed by atoms with van der Waals surface area (Å²) in [7, 11) is 0.00255. The number of amides is 1. The number of rotatable bonds is 7. The van der Waals surface area contributed by atoms with Crippen LogP contribution in [0.5, 0.6) is 11.5 Å². The van der Waals surface area contributed by atoms with Crippen LogP contribution in [0.2, 0.25) is 0 Å². The summed E-state index contributed by atoms with van der Waals surface area (Å²) in [6, 6.07) is 13.2. The van der Waals surface area contributed by atoms with E-state index in [2.05, 4.69) is 32.9 Å². The van der Waals surface area contributed by atoms with Gasteiger partial charge in [0.15, 0.2) is 21.3 Å². The van der Waals surface area contributed by atoms with E-state index < -0.39 is 9.84 Å². The lowest BCUT2D eigenvalue weighted by Gasteiger charge is -2.28. The summed E-state index contributed by atoms with van der Waals surface area (Å²) >= 11 is 0. The van der Waals surface area contributed by atoms with Crippen LogP contribution in [0.25, 0.3) is 6.08 Å².